The van der Waals surface area contributed by atoms with Crippen molar-refractivity contribution < 1.29 is 14.3 Å². The number of carbonyl (C=O) groups excluding carboxylic acids is 2. The maximum absolute atomic E-state index is 12.6. The van der Waals surface area contributed by atoms with Gasteiger partial charge in [-0.1, -0.05) is 0 Å². The first-order chi connectivity index (χ1) is 10.9. The van der Waals surface area contributed by atoms with Gasteiger partial charge >= 0.3 is 5.97 Å². The van der Waals surface area contributed by atoms with Crippen molar-refractivity contribution >= 4 is 39.0 Å². The van der Waals surface area contributed by atoms with Crippen LogP contribution in [0.5, 0.6) is 0 Å². The van der Waals surface area contributed by atoms with E-state index in [2.05, 4.69) is 21.2 Å². The number of dihydropyridines is 1. The van der Waals surface area contributed by atoms with Crippen LogP contribution in [0, 0.1) is 6.92 Å². The van der Waals surface area contributed by atoms with Crippen molar-refractivity contribution in [1.82, 2.24) is 5.32 Å². The highest BCUT2D eigenvalue weighted by molar-refractivity contribution is 9.10. The topological polar surface area (TPSA) is 55.4 Å². The van der Waals surface area contributed by atoms with Crippen molar-refractivity contribution in [3.63, 3.8) is 0 Å². The lowest BCUT2D eigenvalue weighted by Gasteiger charge is -2.33. The van der Waals surface area contributed by atoms with Crippen molar-refractivity contribution in [2.45, 2.75) is 39.0 Å². The highest BCUT2D eigenvalue weighted by Crippen LogP contribution is 2.45. The first-order valence-corrected chi connectivity index (χ1v) is 9.13. The van der Waals surface area contributed by atoms with Gasteiger partial charge in [-0.05, 0) is 48.7 Å². The number of ether oxygens (including phenoxy) is 1. The summed E-state index contributed by atoms with van der Waals surface area (Å²) in [5.74, 6) is -0.589. The fourth-order valence-corrected chi connectivity index (χ4v) is 4.95. The summed E-state index contributed by atoms with van der Waals surface area (Å²) in [7, 11) is 1.38. The number of thiophene rings is 1. The summed E-state index contributed by atoms with van der Waals surface area (Å²) >= 11 is 5.15. The average molecular weight is 396 g/mol. The molecule has 1 aliphatic carbocycles. The smallest absolute Gasteiger partial charge is 0.336 e. The Bertz CT molecular complexity index is 740. The number of hydrogen-bond donors (Lipinski definition) is 1. The van der Waals surface area contributed by atoms with Gasteiger partial charge in [-0.25, -0.2) is 4.79 Å². The summed E-state index contributed by atoms with van der Waals surface area (Å²) in [5, 5.41) is 3.27. The Hall–Kier alpha value is -1.40. The molecule has 2 aliphatic rings. The molecule has 122 valence electrons. The van der Waals surface area contributed by atoms with Crippen molar-refractivity contribution in [3.05, 3.63) is 42.8 Å². The van der Waals surface area contributed by atoms with E-state index in [9.17, 15) is 9.59 Å². The predicted octanol–water partition coefficient (Wildman–Crippen LogP) is 3.96. The highest BCUT2D eigenvalue weighted by atomic mass is 79.9. The Balaban J connectivity index is 2.20. The van der Waals surface area contributed by atoms with Gasteiger partial charge in [-0.3, -0.25) is 4.79 Å². The second-order valence-electron chi connectivity index (χ2n) is 5.81. The van der Waals surface area contributed by atoms with Crippen LogP contribution >= 0.6 is 27.3 Å². The van der Waals surface area contributed by atoms with E-state index in [1.54, 1.807) is 11.3 Å². The maximum atomic E-state index is 12.6. The van der Waals surface area contributed by atoms with Gasteiger partial charge in [-0.2, -0.15) is 0 Å². The Morgan fingerprint density at radius 2 is 2.13 bits per heavy atom. The minimum atomic E-state index is -0.382. The molecule has 0 unspecified atom stereocenters. The quantitative estimate of drug-likeness (QED) is 0.769. The van der Waals surface area contributed by atoms with Crippen LogP contribution in [0.1, 0.15) is 41.9 Å². The molecule has 0 fully saturated rings. The average Bonchev–Trinajstić information content (AvgIpc) is 2.84. The van der Waals surface area contributed by atoms with E-state index in [0.717, 1.165) is 44.0 Å². The van der Waals surface area contributed by atoms with E-state index in [0.29, 0.717) is 12.0 Å². The van der Waals surface area contributed by atoms with Gasteiger partial charge in [0.2, 0.25) is 0 Å². The number of carbonyl (C=O) groups is 2. The lowest BCUT2D eigenvalue weighted by molar-refractivity contribution is -0.136. The van der Waals surface area contributed by atoms with Gasteiger partial charge in [0.25, 0.3) is 0 Å². The van der Waals surface area contributed by atoms with Crippen molar-refractivity contribution in [3.8, 4) is 0 Å². The second kappa shape index (κ2) is 6.24. The van der Waals surface area contributed by atoms with Gasteiger partial charge < -0.3 is 10.1 Å². The summed E-state index contributed by atoms with van der Waals surface area (Å²) in [4.78, 5) is 27.1. The first kappa shape index (κ1) is 16.5. The Kier molecular flexibility index (Phi) is 4.47. The molecule has 0 radical (unpaired) electrons. The molecule has 3 rings (SSSR count). The molecule has 0 bridgehead atoms. The van der Waals surface area contributed by atoms with Crippen LogP contribution in [0.4, 0.5) is 0 Å². The predicted molar refractivity (Wildman–Crippen MR) is 93.2 cm³/mol. The van der Waals surface area contributed by atoms with E-state index in [1.165, 1.54) is 7.11 Å². The number of aryl methyl sites for hydroxylation is 1. The summed E-state index contributed by atoms with van der Waals surface area (Å²) < 4.78 is 5.99. The van der Waals surface area contributed by atoms with E-state index >= 15 is 0 Å². The van der Waals surface area contributed by atoms with E-state index in [4.69, 9.17) is 4.74 Å². The molecule has 1 atom stereocenters. The SMILES string of the molecule is COC(=O)C1=C(C)NC2=C(C(=O)CCC2)[C@@H]1c1cc(Br)c(C)s1. The molecule has 0 amide bonds. The third-order valence-corrected chi connectivity index (χ3v) is 6.54. The third-order valence-electron chi connectivity index (χ3n) is 4.34. The fourth-order valence-electron chi connectivity index (χ4n) is 3.27. The van der Waals surface area contributed by atoms with Crippen LogP contribution in [-0.2, 0) is 14.3 Å². The second-order valence-corrected chi connectivity index (χ2v) is 7.95. The zero-order valence-electron chi connectivity index (χ0n) is 13.3. The minimum Gasteiger partial charge on any atom is -0.466 e. The van der Waals surface area contributed by atoms with Crippen molar-refractivity contribution in [2.75, 3.05) is 7.11 Å². The monoisotopic (exact) mass is 395 g/mol. The van der Waals surface area contributed by atoms with Crippen LogP contribution in [-0.4, -0.2) is 18.9 Å². The number of ketones is 1. The molecule has 4 nitrogen and oxygen atoms in total. The zero-order chi connectivity index (χ0) is 16.7. The van der Waals surface area contributed by atoms with Crippen LogP contribution in [0.15, 0.2) is 33.1 Å². The Morgan fingerprint density at radius 1 is 1.39 bits per heavy atom. The zero-order valence-corrected chi connectivity index (χ0v) is 15.7. The molecule has 23 heavy (non-hydrogen) atoms. The normalized spacial score (nSPS) is 21.2. The molecule has 1 aliphatic heterocycles. The Morgan fingerprint density at radius 3 is 2.74 bits per heavy atom. The van der Waals surface area contributed by atoms with E-state index in [1.807, 2.05) is 19.9 Å². The number of rotatable bonds is 2. The van der Waals surface area contributed by atoms with Crippen LogP contribution < -0.4 is 5.32 Å². The summed E-state index contributed by atoms with van der Waals surface area (Å²) in [6.45, 7) is 3.89. The van der Waals surface area contributed by atoms with Crippen LogP contribution in [0.3, 0.4) is 0 Å². The van der Waals surface area contributed by atoms with Gasteiger partial charge in [0.05, 0.1) is 18.6 Å². The molecule has 2 heterocycles. The van der Waals surface area contributed by atoms with Gasteiger partial charge in [-0.15, -0.1) is 11.3 Å². The highest BCUT2D eigenvalue weighted by Gasteiger charge is 2.39. The van der Waals surface area contributed by atoms with Crippen LogP contribution in [0.2, 0.25) is 0 Å². The maximum Gasteiger partial charge on any atom is 0.336 e. The number of esters is 1. The lowest BCUT2D eigenvalue weighted by atomic mass is 9.78. The molecule has 6 heteroatoms. The molecule has 1 aromatic heterocycles. The number of halogens is 1. The number of methoxy groups -OCH3 is 1. The summed E-state index contributed by atoms with van der Waals surface area (Å²) in [6.07, 6.45) is 2.23. The molecular formula is C17H18BrNO3S. The molecule has 0 saturated heterocycles. The van der Waals surface area contributed by atoms with Crippen LogP contribution in [0.25, 0.3) is 0 Å². The molecule has 0 aromatic carbocycles. The molecular weight excluding hydrogens is 378 g/mol. The molecule has 1 N–H and O–H groups in total. The summed E-state index contributed by atoms with van der Waals surface area (Å²) in [6, 6.07) is 2.01. The standard InChI is InChI=1S/C17H18BrNO3S/c1-8-14(17(21)22-3)16(13-7-10(18)9(2)23-13)15-11(19-8)5-4-6-12(15)20/h7,16,19H,4-6H2,1-3H3/t16-/m1/s1. The number of Topliss-reactive ketones (excluding diaryl/α,β-unsaturated/α-hetero) is 1. The van der Waals surface area contributed by atoms with Gasteiger partial charge in [0.1, 0.15) is 0 Å². The van der Waals surface area contributed by atoms with E-state index < -0.39 is 0 Å². The summed E-state index contributed by atoms with van der Waals surface area (Å²) in [5.41, 5.74) is 3.00. The minimum absolute atomic E-state index is 0.125. The lowest BCUT2D eigenvalue weighted by Crippen LogP contribution is -2.33. The van der Waals surface area contributed by atoms with Crippen molar-refractivity contribution in [1.29, 1.82) is 0 Å². The molecule has 0 spiro atoms. The largest absolute Gasteiger partial charge is 0.466 e. The number of allylic oxidation sites excluding steroid dienone is 3. The third kappa shape index (κ3) is 2.78. The first-order valence-electron chi connectivity index (χ1n) is 7.52. The van der Waals surface area contributed by atoms with Crippen molar-refractivity contribution in [2.24, 2.45) is 0 Å². The Labute approximate surface area is 147 Å². The molecule has 1 aromatic rings. The number of nitrogens with one attached hydrogen (secondary N) is 1. The molecule has 0 saturated carbocycles. The fraction of sp³-hybridized carbons (Fsp3) is 0.412. The number of hydrogen-bond acceptors (Lipinski definition) is 5. The van der Waals surface area contributed by atoms with Gasteiger partial charge in [0.15, 0.2) is 5.78 Å². The van der Waals surface area contributed by atoms with E-state index in [-0.39, 0.29) is 17.7 Å². The van der Waals surface area contributed by atoms with Gasteiger partial charge in [0, 0.05) is 37.6 Å².